The minimum atomic E-state index is -0.797. The maximum Gasteiger partial charge on any atom is 0.271 e. The van der Waals surface area contributed by atoms with Crippen LogP contribution < -0.4 is 29.7 Å². The number of nitrogens with one attached hydrogen (secondary N) is 1. The Morgan fingerprint density at radius 3 is 2.40 bits per heavy atom. The molecule has 0 saturated heterocycles. The molecule has 0 spiro atoms. The fourth-order valence-corrected chi connectivity index (χ4v) is 6.90. The Hall–Kier alpha value is -4.86. The molecule has 0 bridgehead atoms. The first-order valence-electron chi connectivity index (χ1n) is 14.3. The second-order valence-electron chi connectivity index (χ2n) is 10.6. The lowest BCUT2D eigenvalue weighted by Crippen LogP contribution is -2.40. The van der Waals surface area contributed by atoms with E-state index in [0.717, 1.165) is 22.6 Å². The fourth-order valence-electron chi connectivity index (χ4n) is 5.73. The molecule has 3 heterocycles. The molecular formula is C35H31ClN4O4S. The molecule has 0 fully saturated rings. The molecule has 1 aliphatic heterocycles. The maximum absolute atomic E-state index is 14.3. The third-order valence-electron chi connectivity index (χ3n) is 7.87. The number of amides is 1. The highest BCUT2D eigenvalue weighted by Gasteiger charge is 2.34. The summed E-state index contributed by atoms with van der Waals surface area (Å²) < 4.78 is 15.4. The van der Waals surface area contributed by atoms with Gasteiger partial charge in [0.1, 0.15) is 17.5 Å². The number of carbonyl (C=O) groups is 1. The summed E-state index contributed by atoms with van der Waals surface area (Å²) in [4.78, 5) is 33.5. The summed E-state index contributed by atoms with van der Waals surface area (Å²) in [5.74, 6) is 0.723. The van der Waals surface area contributed by atoms with Crippen LogP contribution >= 0.6 is 22.9 Å². The number of para-hydroxylation sites is 1. The van der Waals surface area contributed by atoms with Gasteiger partial charge in [0.05, 0.1) is 30.0 Å². The zero-order valence-electron chi connectivity index (χ0n) is 25.4. The molecule has 1 amide bonds. The van der Waals surface area contributed by atoms with Gasteiger partial charge in [-0.05, 0) is 87.0 Å². The Labute approximate surface area is 269 Å². The van der Waals surface area contributed by atoms with E-state index in [1.807, 2.05) is 80.6 Å². The van der Waals surface area contributed by atoms with Crippen molar-refractivity contribution in [3.8, 4) is 17.2 Å². The molecule has 1 atom stereocenters. The van der Waals surface area contributed by atoms with Crippen molar-refractivity contribution >= 4 is 40.6 Å². The first kappa shape index (κ1) is 30.2. The number of hydrogen-bond donors (Lipinski definition) is 1. The van der Waals surface area contributed by atoms with E-state index in [1.165, 1.54) is 11.3 Å². The van der Waals surface area contributed by atoms with Gasteiger partial charge >= 0.3 is 0 Å². The normalized spacial score (nSPS) is 14.6. The summed E-state index contributed by atoms with van der Waals surface area (Å²) in [6, 6.07) is 23.5. The molecule has 6 rings (SSSR count). The van der Waals surface area contributed by atoms with Crippen LogP contribution in [0.1, 0.15) is 35.5 Å². The first-order chi connectivity index (χ1) is 21.7. The van der Waals surface area contributed by atoms with Gasteiger partial charge in [0.2, 0.25) is 0 Å². The number of hydrogen-bond acceptors (Lipinski definition) is 6. The van der Waals surface area contributed by atoms with E-state index in [4.69, 9.17) is 26.1 Å². The van der Waals surface area contributed by atoms with E-state index in [0.29, 0.717) is 48.4 Å². The molecule has 0 aliphatic carbocycles. The van der Waals surface area contributed by atoms with Crippen LogP contribution in [0.3, 0.4) is 0 Å². The lowest BCUT2D eigenvalue weighted by Gasteiger charge is -2.26. The van der Waals surface area contributed by atoms with Crippen molar-refractivity contribution in [3.63, 3.8) is 0 Å². The molecular weight excluding hydrogens is 608 g/mol. The van der Waals surface area contributed by atoms with E-state index in [-0.39, 0.29) is 11.5 Å². The number of aryl methyl sites for hydroxylation is 1. The number of rotatable bonds is 7. The summed E-state index contributed by atoms with van der Waals surface area (Å²) in [5.41, 5.74) is 5.77. The molecule has 1 N–H and O–H groups in total. The van der Waals surface area contributed by atoms with Crippen LogP contribution in [0.25, 0.3) is 11.8 Å². The van der Waals surface area contributed by atoms with Crippen LogP contribution in [0.15, 0.2) is 99.9 Å². The molecule has 0 saturated carbocycles. The minimum Gasteiger partial charge on any atom is -0.497 e. The second-order valence-corrected chi connectivity index (χ2v) is 12.1. The van der Waals surface area contributed by atoms with E-state index in [1.54, 1.807) is 37.8 Å². The van der Waals surface area contributed by atoms with Gasteiger partial charge in [-0.15, -0.1) is 0 Å². The number of halogens is 1. The standard InChI is InChI=1S/C35H31ClN4O4S/c1-20-17-23(22(3)39(20)26-13-11-24(36)12-14-26)18-30-34(42)40-32(28-16-15-27(43-4)19-29(28)44-5)31(21(2)37-35(40)45-30)33(41)38-25-9-7-6-8-10-25/h6-19,32H,1-5H3,(H,38,41)/b30-18-/t32-/m1/s1. The van der Waals surface area contributed by atoms with Gasteiger partial charge in [0, 0.05) is 39.4 Å². The predicted octanol–water partition coefficient (Wildman–Crippen LogP) is 5.95. The zero-order valence-corrected chi connectivity index (χ0v) is 27.0. The quantitative estimate of drug-likeness (QED) is 0.239. The highest BCUT2D eigenvalue weighted by molar-refractivity contribution is 7.07. The number of fused-ring (bicyclic) bond motifs is 1. The van der Waals surface area contributed by atoms with Crippen LogP contribution in [0, 0.1) is 13.8 Å². The van der Waals surface area contributed by atoms with Crippen LogP contribution in [-0.4, -0.2) is 29.3 Å². The number of methoxy groups -OCH3 is 2. The number of aromatic nitrogens is 2. The van der Waals surface area contributed by atoms with E-state index >= 15 is 0 Å². The average molecular weight is 639 g/mol. The molecule has 5 aromatic rings. The monoisotopic (exact) mass is 638 g/mol. The van der Waals surface area contributed by atoms with Gasteiger partial charge in [-0.25, -0.2) is 4.99 Å². The molecule has 1 aliphatic rings. The Morgan fingerprint density at radius 2 is 1.71 bits per heavy atom. The van der Waals surface area contributed by atoms with Gasteiger partial charge in [-0.3, -0.25) is 14.2 Å². The van der Waals surface area contributed by atoms with E-state index < -0.39 is 6.04 Å². The molecule has 2 aromatic heterocycles. The number of allylic oxidation sites excluding steroid dienone is 1. The molecule has 0 unspecified atom stereocenters. The number of anilines is 1. The number of thiazole rings is 1. The summed E-state index contributed by atoms with van der Waals surface area (Å²) in [7, 11) is 3.13. The minimum absolute atomic E-state index is 0.254. The topological polar surface area (TPSA) is 86.9 Å². The fraction of sp³-hybridized carbons (Fsp3) is 0.171. The smallest absolute Gasteiger partial charge is 0.271 e. The van der Waals surface area contributed by atoms with Crippen LogP contribution in [0.2, 0.25) is 5.02 Å². The van der Waals surface area contributed by atoms with E-state index in [9.17, 15) is 9.59 Å². The van der Waals surface area contributed by atoms with Crippen molar-refractivity contribution in [3.05, 3.63) is 137 Å². The SMILES string of the molecule is COc1ccc([C@@H]2C(C(=O)Nc3ccccc3)=C(C)N=c3s/c(=C\c4cc(C)n(-c5ccc(Cl)cc5)c4C)c(=O)n32)c(OC)c1. The summed E-state index contributed by atoms with van der Waals surface area (Å²) in [6.45, 7) is 5.84. The zero-order chi connectivity index (χ0) is 31.8. The molecule has 0 radical (unpaired) electrons. The van der Waals surface area contributed by atoms with Gasteiger partial charge in [0.15, 0.2) is 4.80 Å². The lowest BCUT2D eigenvalue weighted by atomic mass is 9.94. The van der Waals surface area contributed by atoms with Crippen molar-refractivity contribution in [1.29, 1.82) is 0 Å². The molecule has 10 heteroatoms. The Bertz CT molecular complexity index is 2140. The van der Waals surface area contributed by atoms with Crippen LogP contribution in [-0.2, 0) is 4.79 Å². The van der Waals surface area contributed by atoms with Crippen molar-refractivity contribution in [2.24, 2.45) is 4.99 Å². The average Bonchev–Trinajstić information content (AvgIpc) is 3.50. The Morgan fingerprint density at radius 1 is 0.978 bits per heavy atom. The Balaban J connectivity index is 1.52. The summed E-state index contributed by atoms with van der Waals surface area (Å²) >= 11 is 7.42. The van der Waals surface area contributed by atoms with Crippen molar-refractivity contribution in [2.45, 2.75) is 26.8 Å². The van der Waals surface area contributed by atoms with Crippen LogP contribution in [0.4, 0.5) is 5.69 Å². The van der Waals surface area contributed by atoms with Crippen molar-refractivity contribution in [2.75, 3.05) is 19.5 Å². The number of benzene rings is 3. The van der Waals surface area contributed by atoms with Gasteiger partial charge in [0.25, 0.3) is 11.5 Å². The van der Waals surface area contributed by atoms with E-state index in [2.05, 4.69) is 16.0 Å². The highest BCUT2D eigenvalue weighted by atomic mass is 35.5. The highest BCUT2D eigenvalue weighted by Crippen LogP contribution is 2.37. The van der Waals surface area contributed by atoms with Gasteiger partial charge in [-0.2, -0.15) is 0 Å². The summed E-state index contributed by atoms with van der Waals surface area (Å²) in [6.07, 6.45) is 1.89. The third kappa shape index (κ3) is 5.61. The van der Waals surface area contributed by atoms with Crippen molar-refractivity contribution < 1.29 is 14.3 Å². The Kier molecular flexibility index (Phi) is 8.22. The largest absolute Gasteiger partial charge is 0.497 e. The number of ether oxygens (including phenoxy) is 2. The molecule has 45 heavy (non-hydrogen) atoms. The number of carbonyl (C=O) groups excluding carboxylic acids is 1. The van der Waals surface area contributed by atoms with Crippen molar-refractivity contribution in [1.82, 2.24) is 9.13 Å². The molecule has 8 nitrogen and oxygen atoms in total. The van der Waals surface area contributed by atoms with Crippen LogP contribution in [0.5, 0.6) is 11.5 Å². The van der Waals surface area contributed by atoms with Gasteiger partial charge < -0.3 is 19.4 Å². The maximum atomic E-state index is 14.3. The lowest BCUT2D eigenvalue weighted by molar-refractivity contribution is -0.113. The van der Waals surface area contributed by atoms with Gasteiger partial charge in [-0.1, -0.05) is 41.1 Å². The number of nitrogens with zero attached hydrogens (tertiary/aromatic N) is 3. The predicted molar refractivity (Wildman–Crippen MR) is 179 cm³/mol. The molecule has 228 valence electrons. The summed E-state index contributed by atoms with van der Waals surface area (Å²) in [5, 5.41) is 3.65. The first-order valence-corrected chi connectivity index (χ1v) is 15.5. The third-order valence-corrected chi connectivity index (χ3v) is 9.11. The molecule has 3 aromatic carbocycles. The second kappa shape index (κ2) is 12.3.